The molecule has 3 aliphatic rings. The van der Waals surface area contributed by atoms with E-state index in [1.54, 1.807) is 14.2 Å². The van der Waals surface area contributed by atoms with Crippen LogP contribution in [0.4, 0.5) is 0 Å². The van der Waals surface area contributed by atoms with Crippen LogP contribution in [0.2, 0.25) is 0 Å². The van der Waals surface area contributed by atoms with Crippen molar-refractivity contribution in [1.82, 2.24) is 9.80 Å². The van der Waals surface area contributed by atoms with Crippen LogP contribution in [0.25, 0.3) is 0 Å². The van der Waals surface area contributed by atoms with Gasteiger partial charge in [0, 0.05) is 38.0 Å². The fraction of sp³-hybridized carbons (Fsp3) is 0.481. The van der Waals surface area contributed by atoms with Crippen LogP contribution < -0.4 is 9.47 Å². The zero-order valence-electron chi connectivity index (χ0n) is 19.5. The van der Waals surface area contributed by atoms with Crippen LogP contribution in [0.3, 0.4) is 0 Å². The minimum atomic E-state index is -0.816. The van der Waals surface area contributed by atoms with Crippen molar-refractivity contribution < 1.29 is 19.1 Å². The summed E-state index contributed by atoms with van der Waals surface area (Å²) in [6, 6.07) is 16.2. The molecule has 1 saturated carbocycles. The van der Waals surface area contributed by atoms with Crippen LogP contribution >= 0.6 is 0 Å². The molecule has 33 heavy (non-hydrogen) atoms. The minimum absolute atomic E-state index is 0.0383. The third kappa shape index (κ3) is 4.07. The maximum atomic E-state index is 13.5. The maximum Gasteiger partial charge on any atom is 0.238 e. The lowest BCUT2D eigenvalue weighted by Gasteiger charge is -2.27. The summed E-state index contributed by atoms with van der Waals surface area (Å²) in [5.41, 5.74) is 1.64. The number of nitrogens with zero attached hydrogens (tertiary/aromatic N) is 2. The molecule has 0 bridgehead atoms. The Morgan fingerprint density at radius 2 is 1.12 bits per heavy atom. The molecule has 0 N–H and O–H groups in total. The first-order valence-electron chi connectivity index (χ1n) is 11.9. The van der Waals surface area contributed by atoms with Crippen molar-refractivity contribution in [3.63, 3.8) is 0 Å². The molecule has 5 rings (SSSR count). The van der Waals surface area contributed by atoms with Gasteiger partial charge in [0.15, 0.2) is 0 Å². The molecule has 0 unspecified atom stereocenters. The average Bonchev–Trinajstić information content (AvgIpc) is 3.28. The van der Waals surface area contributed by atoms with E-state index in [1.807, 2.05) is 34.1 Å². The number of carbonyl (C=O) groups excluding carboxylic acids is 2. The van der Waals surface area contributed by atoms with Crippen LogP contribution in [0.1, 0.15) is 48.6 Å². The van der Waals surface area contributed by atoms with Crippen LogP contribution in [0, 0.1) is 5.41 Å². The highest BCUT2D eigenvalue weighted by molar-refractivity contribution is 6.08. The second-order valence-electron chi connectivity index (χ2n) is 9.60. The summed E-state index contributed by atoms with van der Waals surface area (Å²) >= 11 is 0. The van der Waals surface area contributed by atoms with Gasteiger partial charge < -0.3 is 19.3 Å². The lowest BCUT2D eigenvalue weighted by Crippen LogP contribution is -2.45. The highest BCUT2D eigenvalue weighted by Crippen LogP contribution is 2.50. The maximum absolute atomic E-state index is 13.5. The van der Waals surface area contributed by atoms with Gasteiger partial charge in [-0.2, -0.15) is 0 Å². The molecule has 2 heterocycles. The quantitative estimate of drug-likeness (QED) is 0.631. The largest absolute Gasteiger partial charge is 0.497 e. The van der Waals surface area contributed by atoms with Gasteiger partial charge in [0.2, 0.25) is 11.8 Å². The zero-order chi connectivity index (χ0) is 23.0. The summed E-state index contributed by atoms with van der Waals surface area (Å²) in [5.74, 6) is 2.39. The van der Waals surface area contributed by atoms with Gasteiger partial charge in [0.25, 0.3) is 0 Å². The number of likely N-dealkylation sites (tertiary alicyclic amines) is 2. The lowest BCUT2D eigenvalue weighted by molar-refractivity contribution is -0.148. The molecule has 0 aromatic heterocycles. The first kappa shape index (κ1) is 21.8. The Kier molecular flexibility index (Phi) is 5.77. The topological polar surface area (TPSA) is 59.1 Å². The van der Waals surface area contributed by atoms with Gasteiger partial charge in [-0.3, -0.25) is 9.59 Å². The zero-order valence-corrected chi connectivity index (χ0v) is 19.5. The molecule has 2 saturated heterocycles. The van der Waals surface area contributed by atoms with Crippen molar-refractivity contribution in [3.05, 3.63) is 59.7 Å². The lowest BCUT2D eigenvalue weighted by atomic mass is 9.98. The Hall–Kier alpha value is -3.02. The third-order valence-corrected chi connectivity index (χ3v) is 7.69. The summed E-state index contributed by atoms with van der Waals surface area (Å²) in [6.45, 7) is 2.82. The fourth-order valence-corrected chi connectivity index (χ4v) is 5.44. The summed E-state index contributed by atoms with van der Waals surface area (Å²) in [7, 11) is 3.33. The van der Waals surface area contributed by atoms with E-state index in [9.17, 15) is 9.59 Å². The molecule has 0 spiro atoms. The number of rotatable bonds is 6. The van der Waals surface area contributed by atoms with Gasteiger partial charge in [-0.05, 0) is 61.1 Å². The van der Waals surface area contributed by atoms with Crippen LogP contribution in [-0.4, -0.2) is 62.0 Å². The van der Waals surface area contributed by atoms with Gasteiger partial charge in [0.1, 0.15) is 16.9 Å². The van der Waals surface area contributed by atoms with Crippen LogP contribution in [0.5, 0.6) is 11.5 Å². The predicted molar refractivity (Wildman–Crippen MR) is 126 cm³/mol. The molecule has 1 aliphatic carbocycles. The normalized spacial score (nSPS) is 23.5. The smallest absolute Gasteiger partial charge is 0.238 e. The molecule has 2 aliphatic heterocycles. The number of ether oxygens (including phenoxy) is 2. The van der Waals surface area contributed by atoms with E-state index in [2.05, 4.69) is 24.3 Å². The minimum Gasteiger partial charge on any atom is -0.497 e. The highest BCUT2D eigenvalue weighted by atomic mass is 16.5. The van der Waals surface area contributed by atoms with Crippen LogP contribution in [-0.2, 0) is 9.59 Å². The van der Waals surface area contributed by atoms with Crippen molar-refractivity contribution in [2.24, 2.45) is 5.41 Å². The Balaban J connectivity index is 1.21. The Morgan fingerprint density at radius 3 is 1.45 bits per heavy atom. The Morgan fingerprint density at radius 1 is 0.727 bits per heavy atom. The third-order valence-electron chi connectivity index (χ3n) is 7.69. The molecule has 6 nitrogen and oxygen atoms in total. The number of hydrogen-bond donors (Lipinski definition) is 0. The van der Waals surface area contributed by atoms with Gasteiger partial charge in [-0.1, -0.05) is 24.3 Å². The van der Waals surface area contributed by atoms with E-state index in [0.717, 1.165) is 37.4 Å². The van der Waals surface area contributed by atoms with Crippen molar-refractivity contribution in [3.8, 4) is 11.5 Å². The van der Waals surface area contributed by atoms with E-state index in [1.165, 1.54) is 11.1 Å². The Labute approximate surface area is 195 Å². The van der Waals surface area contributed by atoms with E-state index < -0.39 is 5.41 Å². The number of carbonyl (C=O) groups is 2. The number of amides is 2. The highest BCUT2D eigenvalue weighted by Gasteiger charge is 2.60. The Bertz CT molecular complexity index is 934. The molecule has 2 atom stereocenters. The number of methoxy groups -OCH3 is 2. The summed E-state index contributed by atoms with van der Waals surface area (Å²) in [5, 5.41) is 0. The molecular weight excluding hydrogens is 416 g/mol. The van der Waals surface area contributed by atoms with Gasteiger partial charge in [-0.25, -0.2) is 0 Å². The van der Waals surface area contributed by atoms with Crippen molar-refractivity contribution in [2.45, 2.75) is 37.5 Å². The SMILES string of the molecule is COc1ccc([C@H]2CCN(C(=O)C3(C(=O)N4CC[C@H](c5ccc(OC)cc5)C4)CC3)C2)cc1. The molecule has 3 fully saturated rings. The molecular formula is C27H32N2O4. The molecule has 2 amide bonds. The van der Waals surface area contributed by atoms with Gasteiger partial charge in [-0.15, -0.1) is 0 Å². The van der Waals surface area contributed by atoms with Crippen molar-refractivity contribution in [2.75, 3.05) is 40.4 Å². The summed E-state index contributed by atoms with van der Waals surface area (Å²) in [4.78, 5) is 30.8. The monoisotopic (exact) mass is 448 g/mol. The second kappa shape index (κ2) is 8.73. The molecule has 174 valence electrons. The van der Waals surface area contributed by atoms with Crippen LogP contribution in [0.15, 0.2) is 48.5 Å². The van der Waals surface area contributed by atoms with Crippen molar-refractivity contribution >= 4 is 11.8 Å². The standard InChI is InChI=1S/C27H32N2O4/c1-32-23-7-3-19(4-8-23)21-11-15-28(17-21)25(30)27(13-14-27)26(31)29-16-12-22(18-29)20-5-9-24(33-2)10-6-20/h3-10,21-22H,11-18H2,1-2H3/t21-,22-/m0/s1. The number of hydrogen-bond acceptors (Lipinski definition) is 4. The van der Waals surface area contributed by atoms with E-state index in [0.29, 0.717) is 37.8 Å². The first-order chi connectivity index (χ1) is 16.0. The summed E-state index contributed by atoms with van der Waals surface area (Å²) in [6.07, 6.45) is 3.23. The van der Waals surface area contributed by atoms with E-state index in [4.69, 9.17) is 9.47 Å². The second-order valence-corrected chi connectivity index (χ2v) is 9.60. The average molecular weight is 449 g/mol. The summed E-state index contributed by atoms with van der Waals surface area (Å²) < 4.78 is 10.5. The van der Waals surface area contributed by atoms with Gasteiger partial charge >= 0.3 is 0 Å². The van der Waals surface area contributed by atoms with Gasteiger partial charge in [0.05, 0.1) is 14.2 Å². The van der Waals surface area contributed by atoms with E-state index >= 15 is 0 Å². The van der Waals surface area contributed by atoms with E-state index in [-0.39, 0.29) is 11.8 Å². The molecule has 0 radical (unpaired) electrons. The fourth-order valence-electron chi connectivity index (χ4n) is 5.44. The predicted octanol–water partition coefficient (Wildman–Crippen LogP) is 3.82. The number of benzene rings is 2. The van der Waals surface area contributed by atoms with Crippen molar-refractivity contribution in [1.29, 1.82) is 0 Å². The molecule has 2 aromatic rings. The molecule has 2 aromatic carbocycles. The molecule has 6 heteroatoms. The first-order valence-corrected chi connectivity index (χ1v) is 11.9.